The van der Waals surface area contributed by atoms with E-state index in [1.165, 1.54) is 19.3 Å². The highest BCUT2D eigenvalue weighted by molar-refractivity contribution is 6.01. The van der Waals surface area contributed by atoms with Gasteiger partial charge in [-0.05, 0) is 31.9 Å². The highest BCUT2D eigenvalue weighted by atomic mass is 16.6. The second kappa shape index (κ2) is 12.1. The Balaban J connectivity index is 3.01. The zero-order chi connectivity index (χ0) is 18.5. The minimum absolute atomic E-state index is 0.208. The predicted molar refractivity (Wildman–Crippen MR) is 98.1 cm³/mol. The molecule has 4 nitrogen and oxygen atoms in total. The maximum atomic E-state index is 12.3. The van der Waals surface area contributed by atoms with Crippen LogP contribution in [0.2, 0.25) is 0 Å². The minimum atomic E-state index is -1.09. The average Bonchev–Trinajstić information content (AvgIpc) is 2.60. The molecule has 0 aliphatic carbocycles. The zero-order valence-electron chi connectivity index (χ0n) is 15.5. The summed E-state index contributed by atoms with van der Waals surface area (Å²) in [4.78, 5) is 24.6. The van der Waals surface area contributed by atoms with Gasteiger partial charge in [-0.3, -0.25) is 9.59 Å². The van der Waals surface area contributed by atoms with Crippen LogP contribution in [-0.4, -0.2) is 25.2 Å². The molecule has 1 aromatic rings. The molecule has 0 heterocycles. The third-order valence-corrected chi connectivity index (χ3v) is 3.69. The van der Waals surface area contributed by atoms with Gasteiger partial charge in [0, 0.05) is 12.0 Å². The summed E-state index contributed by atoms with van der Waals surface area (Å²) in [6.07, 6.45) is 5.43. The highest BCUT2D eigenvalue weighted by Crippen LogP contribution is 2.23. The molecule has 25 heavy (non-hydrogen) atoms. The van der Waals surface area contributed by atoms with Crippen molar-refractivity contribution in [2.75, 3.05) is 13.2 Å². The number of esters is 2. The maximum Gasteiger partial charge on any atom is 0.324 e. The van der Waals surface area contributed by atoms with Crippen LogP contribution < -0.4 is 0 Å². The number of carbonyl (C=O) groups excluding carboxylic acids is 2. The lowest BCUT2D eigenvalue weighted by atomic mass is 9.94. The van der Waals surface area contributed by atoms with Gasteiger partial charge < -0.3 is 9.47 Å². The maximum absolute atomic E-state index is 12.3. The molecule has 0 radical (unpaired) electrons. The normalized spacial score (nSPS) is 10.1. The zero-order valence-corrected chi connectivity index (χ0v) is 15.5. The standard InChI is InChI=1S/C21H28O4/c1-4-7-8-9-10-11-14-17-15-12-13-16-18(17)19(20(22)24-5-2)21(23)25-6-3/h12-13,15-16,19H,4-10H2,1-3H3. The van der Waals surface area contributed by atoms with Crippen molar-refractivity contribution in [1.82, 2.24) is 0 Å². The van der Waals surface area contributed by atoms with Gasteiger partial charge in [0.05, 0.1) is 13.2 Å². The van der Waals surface area contributed by atoms with Crippen LogP contribution in [0.1, 0.15) is 69.9 Å². The summed E-state index contributed by atoms with van der Waals surface area (Å²) in [6, 6.07) is 7.19. The summed E-state index contributed by atoms with van der Waals surface area (Å²) in [5.41, 5.74) is 1.21. The summed E-state index contributed by atoms with van der Waals surface area (Å²) in [5, 5.41) is 0. The van der Waals surface area contributed by atoms with Crippen molar-refractivity contribution in [3.63, 3.8) is 0 Å². The number of carbonyl (C=O) groups is 2. The summed E-state index contributed by atoms with van der Waals surface area (Å²) >= 11 is 0. The topological polar surface area (TPSA) is 52.6 Å². The molecule has 0 spiro atoms. The summed E-state index contributed by atoms with van der Waals surface area (Å²) < 4.78 is 10.1. The molecule has 136 valence electrons. The largest absolute Gasteiger partial charge is 0.465 e. The van der Waals surface area contributed by atoms with Gasteiger partial charge in [0.1, 0.15) is 0 Å². The molecule has 1 aromatic carbocycles. The molecule has 0 saturated heterocycles. The smallest absolute Gasteiger partial charge is 0.324 e. The first-order valence-corrected chi connectivity index (χ1v) is 9.06. The molecular formula is C21H28O4. The lowest BCUT2D eigenvalue weighted by Crippen LogP contribution is -2.26. The Morgan fingerprint density at radius 3 is 2.20 bits per heavy atom. The van der Waals surface area contributed by atoms with Crippen LogP contribution in [0.4, 0.5) is 0 Å². The Hall–Kier alpha value is -2.28. The molecule has 0 N–H and O–H groups in total. The highest BCUT2D eigenvalue weighted by Gasteiger charge is 2.32. The van der Waals surface area contributed by atoms with E-state index in [1.807, 2.05) is 12.1 Å². The van der Waals surface area contributed by atoms with E-state index in [0.29, 0.717) is 11.1 Å². The molecule has 0 aliphatic heterocycles. The fraction of sp³-hybridized carbons (Fsp3) is 0.524. The van der Waals surface area contributed by atoms with Gasteiger partial charge in [-0.25, -0.2) is 0 Å². The van der Waals surface area contributed by atoms with Crippen LogP contribution >= 0.6 is 0 Å². The van der Waals surface area contributed by atoms with Crippen molar-refractivity contribution >= 4 is 11.9 Å². The third-order valence-electron chi connectivity index (χ3n) is 3.69. The molecule has 0 fully saturated rings. The SMILES string of the molecule is CCCCCCC#Cc1ccccc1C(C(=O)OCC)C(=O)OCC. The number of hydrogen-bond acceptors (Lipinski definition) is 4. The van der Waals surface area contributed by atoms with Crippen LogP contribution in [0, 0.1) is 11.8 Å². The molecule has 0 saturated carbocycles. The van der Waals surface area contributed by atoms with E-state index >= 15 is 0 Å². The average molecular weight is 344 g/mol. The monoisotopic (exact) mass is 344 g/mol. The molecule has 0 aliphatic rings. The summed E-state index contributed by atoms with van der Waals surface area (Å²) in [6.45, 7) is 6.01. The molecule has 0 unspecified atom stereocenters. The van der Waals surface area contributed by atoms with Crippen LogP contribution in [0.25, 0.3) is 0 Å². The van der Waals surface area contributed by atoms with E-state index in [9.17, 15) is 9.59 Å². The number of benzene rings is 1. The van der Waals surface area contributed by atoms with Crippen LogP contribution in [-0.2, 0) is 19.1 Å². The second-order valence-electron chi connectivity index (χ2n) is 5.64. The van der Waals surface area contributed by atoms with E-state index in [4.69, 9.17) is 9.47 Å². The number of unbranched alkanes of at least 4 members (excludes halogenated alkanes) is 4. The van der Waals surface area contributed by atoms with Crippen molar-refractivity contribution in [3.8, 4) is 11.8 Å². The Labute approximate surface area is 150 Å². The number of ether oxygens (including phenoxy) is 2. The van der Waals surface area contributed by atoms with E-state index in [2.05, 4.69) is 18.8 Å². The Morgan fingerprint density at radius 2 is 1.60 bits per heavy atom. The van der Waals surface area contributed by atoms with E-state index in [1.54, 1.807) is 26.0 Å². The lowest BCUT2D eigenvalue weighted by molar-refractivity contribution is -0.156. The number of hydrogen-bond donors (Lipinski definition) is 0. The second-order valence-corrected chi connectivity index (χ2v) is 5.64. The van der Waals surface area contributed by atoms with E-state index in [0.717, 1.165) is 12.8 Å². The van der Waals surface area contributed by atoms with Crippen LogP contribution in [0.15, 0.2) is 24.3 Å². The summed E-state index contributed by atoms with van der Waals surface area (Å²) in [5.74, 6) is 3.95. The lowest BCUT2D eigenvalue weighted by Gasteiger charge is -2.16. The van der Waals surface area contributed by atoms with Gasteiger partial charge in [-0.1, -0.05) is 56.2 Å². The Kier molecular flexibility index (Phi) is 10.1. The third kappa shape index (κ3) is 7.01. The first-order chi connectivity index (χ1) is 12.2. The first-order valence-electron chi connectivity index (χ1n) is 9.06. The Bertz CT molecular complexity index is 592. The first kappa shape index (κ1) is 20.8. The van der Waals surface area contributed by atoms with E-state index in [-0.39, 0.29) is 13.2 Å². The van der Waals surface area contributed by atoms with Gasteiger partial charge in [-0.15, -0.1) is 0 Å². The van der Waals surface area contributed by atoms with Crippen molar-refractivity contribution in [2.45, 2.75) is 58.8 Å². The molecule has 1 rings (SSSR count). The Morgan fingerprint density at radius 1 is 0.960 bits per heavy atom. The molecular weight excluding hydrogens is 316 g/mol. The quantitative estimate of drug-likeness (QED) is 0.291. The van der Waals surface area contributed by atoms with E-state index < -0.39 is 17.9 Å². The molecule has 0 amide bonds. The van der Waals surface area contributed by atoms with Crippen molar-refractivity contribution in [3.05, 3.63) is 35.4 Å². The van der Waals surface area contributed by atoms with Crippen molar-refractivity contribution in [2.24, 2.45) is 0 Å². The van der Waals surface area contributed by atoms with Gasteiger partial charge in [0.2, 0.25) is 0 Å². The molecule has 4 heteroatoms. The fourth-order valence-electron chi connectivity index (χ4n) is 2.46. The van der Waals surface area contributed by atoms with Gasteiger partial charge in [0.15, 0.2) is 5.92 Å². The minimum Gasteiger partial charge on any atom is -0.465 e. The summed E-state index contributed by atoms with van der Waals surface area (Å²) in [7, 11) is 0. The van der Waals surface area contributed by atoms with Crippen molar-refractivity contribution < 1.29 is 19.1 Å². The number of rotatable bonds is 9. The van der Waals surface area contributed by atoms with Crippen LogP contribution in [0.5, 0.6) is 0 Å². The fourth-order valence-corrected chi connectivity index (χ4v) is 2.46. The van der Waals surface area contributed by atoms with Gasteiger partial charge in [0.25, 0.3) is 0 Å². The van der Waals surface area contributed by atoms with Crippen molar-refractivity contribution in [1.29, 1.82) is 0 Å². The predicted octanol–water partition coefficient (Wildman–Crippen LogP) is 4.22. The van der Waals surface area contributed by atoms with Gasteiger partial charge in [-0.2, -0.15) is 0 Å². The molecule has 0 aromatic heterocycles. The molecule has 0 bridgehead atoms. The molecule has 0 atom stereocenters. The van der Waals surface area contributed by atoms with Gasteiger partial charge >= 0.3 is 11.9 Å². The van der Waals surface area contributed by atoms with Crippen LogP contribution in [0.3, 0.4) is 0 Å².